The van der Waals surface area contributed by atoms with Crippen molar-refractivity contribution < 1.29 is 14.8 Å². The van der Waals surface area contributed by atoms with Crippen LogP contribution in [0, 0.1) is 17.0 Å². The van der Waals surface area contributed by atoms with Crippen LogP contribution in [0.15, 0.2) is 36.4 Å². The van der Waals surface area contributed by atoms with Crippen LogP contribution >= 0.6 is 11.6 Å². The van der Waals surface area contributed by atoms with Gasteiger partial charge in [0.05, 0.1) is 16.9 Å². The van der Waals surface area contributed by atoms with Crippen molar-refractivity contribution in [2.75, 3.05) is 13.2 Å². The molecule has 0 saturated heterocycles. The summed E-state index contributed by atoms with van der Waals surface area (Å²) in [7, 11) is 0. The fourth-order valence-electron chi connectivity index (χ4n) is 3.51. The molecule has 0 spiro atoms. The van der Waals surface area contributed by atoms with Crippen LogP contribution in [0.25, 0.3) is 0 Å². The monoisotopic (exact) mass is 361 g/mol. The van der Waals surface area contributed by atoms with Gasteiger partial charge in [0.2, 0.25) is 0 Å². The maximum atomic E-state index is 11.3. The summed E-state index contributed by atoms with van der Waals surface area (Å²) in [6.45, 7) is 1.90. The third kappa shape index (κ3) is 3.48. The molecule has 1 atom stereocenters. The number of nitro groups is 1. The van der Waals surface area contributed by atoms with Crippen molar-refractivity contribution >= 4 is 17.3 Å². The molecule has 25 heavy (non-hydrogen) atoms. The van der Waals surface area contributed by atoms with Crippen molar-refractivity contribution in [3.8, 4) is 5.75 Å². The number of hydrogen-bond donors (Lipinski definition) is 1. The Morgan fingerprint density at radius 3 is 2.84 bits per heavy atom. The number of aliphatic hydroxyl groups excluding tert-OH is 1. The van der Waals surface area contributed by atoms with E-state index in [1.54, 1.807) is 19.1 Å². The van der Waals surface area contributed by atoms with E-state index < -0.39 is 10.3 Å². The van der Waals surface area contributed by atoms with Crippen molar-refractivity contribution in [2.45, 2.75) is 31.6 Å². The van der Waals surface area contributed by atoms with Crippen molar-refractivity contribution in [1.82, 2.24) is 0 Å². The van der Waals surface area contributed by atoms with Gasteiger partial charge < -0.3 is 9.84 Å². The molecule has 1 N–H and O–H groups in total. The predicted molar refractivity (Wildman–Crippen MR) is 96.5 cm³/mol. The minimum Gasteiger partial charge on any atom is -0.486 e. The Bertz CT molecular complexity index is 808. The SMILES string of the molecule is Cc1ccc(OCC2(CO)CCCc3cc(Cl)ccc32)c([N+](=O)[O-])c1. The Hall–Kier alpha value is -2.11. The molecule has 5 nitrogen and oxygen atoms in total. The van der Waals surface area contributed by atoms with Gasteiger partial charge >= 0.3 is 5.69 Å². The molecular weight excluding hydrogens is 342 g/mol. The number of hydrogen-bond acceptors (Lipinski definition) is 4. The van der Waals surface area contributed by atoms with E-state index in [0.29, 0.717) is 5.02 Å². The van der Waals surface area contributed by atoms with E-state index in [1.165, 1.54) is 6.07 Å². The normalized spacial score (nSPS) is 19.3. The van der Waals surface area contributed by atoms with Crippen LogP contribution in [0.1, 0.15) is 29.5 Å². The number of aryl methyl sites for hydroxylation is 2. The van der Waals surface area contributed by atoms with Crippen LogP contribution in [0.5, 0.6) is 5.75 Å². The van der Waals surface area contributed by atoms with E-state index in [-0.39, 0.29) is 24.7 Å². The molecule has 1 aliphatic rings. The lowest BCUT2D eigenvalue weighted by Gasteiger charge is -2.37. The van der Waals surface area contributed by atoms with Crippen LogP contribution in [0.2, 0.25) is 5.02 Å². The lowest BCUT2D eigenvalue weighted by Crippen LogP contribution is -2.40. The van der Waals surface area contributed by atoms with Crippen LogP contribution in [-0.2, 0) is 11.8 Å². The number of rotatable bonds is 5. The quantitative estimate of drug-likeness (QED) is 0.639. The van der Waals surface area contributed by atoms with Gasteiger partial charge in [-0.25, -0.2) is 0 Å². The fraction of sp³-hybridized carbons (Fsp3) is 0.368. The molecule has 0 fully saturated rings. The van der Waals surface area contributed by atoms with E-state index in [2.05, 4.69) is 0 Å². The van der Waals surface area contributed by atoms with Gasteiger partial charge in [0.1, 0.15) is 6.61 Å². The second-order valence-electron chi connectivity index (χ2n) is 6.61. The molecule has 3 rings (SSSR count). The highest BCUT2D eigenvalue weighted by atomic mass is 35.5. The van der Waals surface area contributed by atoms with Gasteiger partial charge in [0.25, 0.3) is 0 Å². The molecule has 0 heterocycles. The zero-order chi connectivity index (χ0) is 18.0. The van der Waals surface area contributed by atoms with Gasteiger partial charge in [-0.2, -0.15) is 0 Å². The molecule has 0 aliphatic heterocycles. The highest BCUT2D eigenvalue weighted by Crippen LogP contribution is 2.39. The number of ether oxygens (including phenoxy) is 1. The maximum absolute atomic E-state index is 11.3. The molecule has 132 valence electrons. The van der Waals surface area contributed by atoms with Crippen molar-refractivity contribution in [3.63, 3.8) is 0 Å². The summed E-state index contributed by atoms with van der Waals surface area (Å²) in [5.41, 5.74) is 2.29. The van der Waals surface area contributed by atoms with Crippen molar-refractivity contribution in [1.29, 1.82) is 0 Å². The lowest BCUT2D eigenvalue weighted by molar-refractivity contribution is -0.386. The van der Waals surface area contributed by atoms with Crippen LogP contribution in [0.3, 0.4) is 0 Å². The highest BCUT2D eigenvalue weighted by Gasteiger charge is 2.37. The van der Waals surface area contributed by atoms with Crippen molar-refractivity contribution in [2.24, 2.45) is 0 Å². The van der Waals surface area contributed by atoms with Gasteiger partial charge in [0, 0.05) is 11.1 Å². The summed E-state index contributed by atoms with van der Waals surface area (Å²) in [5, 5.41) is 22.1. The van der Waals surface area contributed by atoms with Gasteiger partial charge in [-0.15, -0.1) is 0 Å². The summed E-state index contributed by atoms with van der Waals surface area (Å²) in [4.78, 5) is 10.8. The second-order valence-corrected chi connectivity index (χ2v) is 7.05. The molecule has 0 amide bonds. The number of fused-ring (bicyclic) bond motifs is 1. The number of nitro benzene ring substituents is 1. The molecular formula is C19H20ClNO4. The summed E-state index contributed by atoms with van der Waals surface area (Å²) in [5.74, 6) is 0.226. The smallest absolute Gasteiger partial charge is 0.311 e. The van der Waals surface area contributed by atoms with E-state index in [0.717, 1.165) is 36.0 Å². The van der Waals surface area contributed by atoms with E-state index in [4.69, 9.17) is 16.3 Å². The van der Waals surface area contributed by atoms with Gasteiger partial charge in [-0.1, -0.05) is 23.7 Å². The summed E-state index contributed by atoms with van der Waals surface area (Å²) in [6.07, 6.45) is 2.58. The fourth-order valence-corrected chi connectivity index (χ4v) is 3.70. The van der Waals surface area contributed by atoms with Crippen LogP contribution in [0.4, 0.5) is 5.69 Å². The minimum absolute atomic E-state index is 0.0553. The molecule has 1 unspecified atom stereocenters. The topological polar surface area (TPSA) is 72.6 Å². The Labute approximate surface area is 151 Å². The third-order valence-electron chi connectivity index (χ3n) is 4.86. The first-order valence-corrected chi connectivity index (χ1v) is 8.61. The molecule has 0 radical (unpaired) electrons. The molecule has 0 aromatic heterocycles. The third-order valence-corrected chi connectivity index (χ3v) is 5.09. The highest BCUT2D eigenvalue weighted by molar-refractivity contribution is 6.30. The first-order chi connectivity index (χ1) is 11.9. The maximum Gasteiger partial charge on any atom is 0.311 e. The molecule has 0 saturated carbocycles. The molecule has 0 bridgehead atoms. The molecule has 2 aromatic carbocycles. The lowest BCUT2D eigenvalue weighted by atomic mass is 9.71. The van der Waals surface area contributed by atoms with Gasteiger partial charge in [-0.3, -0.25) is 10.1 Å². The van der Waals surface area contributed by atoms with Crippen LogP contribution < -0.4 is 4.74 Å². The average molecular weight is 362 g/mol. The number of benzene rings is 2. The second kappa shape index (κ2) is 7.02. The minimum atomic E-state index is -0.572. The van der Waals surface area contributed by atoms with Crippen molar-refractivity contribution in [3.05, 3.63) is 68.2 Å². The summed E-state index contributed by atoms with van der Waals surface area (Å²) < 4.78 is 5.84. The average Bonchev–Trinajstić information content (AvgIpc) is 2.60. The zero-order valence-electron chi connectivity index (χ0n) is 14.0. The molecule has 6 heteroatoms. The first kappa shape index (κ1) is 17.7. The number of halogens is 1. The Morgan fingerprint density at radius 1 is 1.32 bits per heavy atom. The molecule has 1 aliphatic carbocycles. The Balaban J connectivity index is 1.91. The van der Waals surface area contributed by atoms with E-state index in [9.17, 15) is 15.2 Å². The largest absolute Gasteiger partial charge is 0.486 e. The summed E-state index contributed by atoms with van der Waals surface area (Å²) >= 11 is 6.09. The Kier molecular flexibility index (Phi) is 4.97. The first-order valence-electron chi connectivity index (χ1n) is 8.23. The van der Waals surface area contributed by atoms with Crippen LogP contribution in [-0.4, -0.2) is 23.2 Å². The van der Waals surface area contributed by atoms with Gasteiger partial charge in [-0.05, 0) is 61.1 Å². The Morgan fingerprint density at radius 2 is 2.12 bits per heavy atom. The van der Waals surface area contributed by atoms with Gasteiger partial charge in [0.15, 0.2) is 5.75 Å². The van der Waals surface area contributed by atoms with E-state index >= 15 is 0 Å². The zero-order valence-corrected chi connectivity index (χ0v) is 14.8. The standard InChI is InChI=1S/C19H20ClNO4/c1-13-4-7-18(17(9-13)21(23)24)25-12-19(11-22)8-2-3-14-10-15(20)5-6-16(14)19/h4-7,9-10,22H,2-3,8,11-12H2,1H3. The summed E-state index contributed by atoms with van der Waals surface area (Å²) in [6, 6.07) is 10.6. The predicted octanol–water partition coefficient (Wildman–Crippen LogP) is 4.20. The molecule has 2 aromatic rings. The number of nitrogens with zero attached hydrogens (tertiary/aromatic N) is 1. The number of aliphatic hydroxyl groups is 1. The van der Waals surface area contributed by atoms with E-state index in [1.807, 2.05) is 18.2 Å².